The highest BCUT2D eigenvalue weighted by Crippen LogP contribution is 2.26. The van der Waals surface area contributed by atoms with E-state index in [0.29, 0.717) is 0 Å². The molecule has 5 nitrogen and oxygen atoms in total. The number of H-pyrrole nitrogens is 1. The van der Waals surface area contributed by atoms with Crippen molar-refractivity contribution in [3.63, 3.8) is 0 Å². The normalized spacial score (nSPS) is 15.6. The van der Waals surface area contributed by atoms with Gasteiger partial charge in [0, 0.05) is 25.7 Å². The van der Waals surface area contributed by atoms with Crippen molar-refractivity contribution in [1.29, 1.82) is 0 Å². The second kappa shape index (κ2) is 5.33. The Morgan fingerprint density at radius 2 is 2.15 bits per heavy atom. The average Bonchev–Trinajstić information content (AvgIpc) is 3.16. The summed E-state index contributed by atoms with van der Waals surface area (Å²) in [5.41, 5.74) is 3.26. The van der Waals surface area contributed by atoms with E-state index in [0.717, 1.165) is 53.8 Å². The lowest BCUT2D eigenvalue weighted by atomic mass is 10.4. The first-order valence-electron chi connectivity index (χ1n) is 7.55. The molecule has 0 aromatic carbocycles. The van der Waals surface area contributed by atoms with Crippen LogP contribution >= 0.6 is 12.2 Å². The fourth-order valence-electron chi connectivity index (χ4n) is 2.96. The van der Waals surface area contributed by atoms with Gasteiger partial charge in [0.1, 0.15) is 5.52 Å². The number of fused-ring (bicyclic) bond motifs is 1. The van der Waals surface area contributed by atoms with E-state index in [9.17, 15) is 0 Å². The Morgan fingerprint density at radius 1 is 1.40 bits per heavy atom. The summed E-state index contributed by atoms with van der Waals surface area (Å²) in [6.07, 6.45) is 2.71. The minimum absolute atomic E-state index is 0.807. The Bertz CT molecular complexity index is 661. The van der Waals surface area contributed by atoms with Gasteiger partial charge in [-0.15, -0.1) is 0 Å². The van der Waals surface area contributed by atoms with Crippen LogP contribution in [0.4, 0.5) is 0 Å². The SMILES string of the molecule is CCN(CCn1c(=S)[nH]c2c(C)nn(CC)c21)C1CC1. The predicted molar refractivity (Wildman–Crippen MR) is 83.6 cm³/mol. The third-order valence-electron chi connectivity index (χ3n) is 4.21. The fraction of sp³-hybridized carbons (Fsp3) is 0.714. The number of rotatable bonds is 6. The van der Waals surface area contributed by atoms with Gasteiger partial charge in [0.15, 0.2) is 10.4 Å². The third kappa shape index (κ3) is 2.31. The Labute approximate surface area is 124 Å². The van der Waals surface area contributed by atoms with Crippen molar-refractivity contribution in [3.05, 3.63) is 10.5 Å². The molecule has 1 saturated carbocycles. The molecule has 0 radical (unpaired) electrons. The van der Waals surface area contributed by atoms with Gasteiger partial charge < -0.3 is 9.55 Å². The van der Waals surface area contributed by atoms with E-state index in [2.05, 4.69) is 33.4 Å². The standard InChI is InChI=1S/C14H23N5S/c1-4-17(11-6-7-11)8-9-18-13-12(15-14(18)20)10(3)16-19(13)5-2/h11H,4-9H2,1-3H3,(H,15,20). The van der Waals surface area contributed by atoms with Gasteiger partial charge in [-0.05, 0) is 45.5 Å². The van der Waals surface area contributed by atoms with Crippen LogP contribution in [0.2, 0.25) is 0 Å². The van der Waals surface area contributed by atoms with Crippen molar-refractivity contribution in [2.75, 3.05) is 13.1 Å². The highest BCUT2D eigenvalue weighted by molar-refractivity contribution is 7.71. The minimum Gasteiger partial charge on any atom is -0.328 e. The summed E-state index contributed by atoms with van der Waals surface area (Å²) in [6.45, 7) is 10.4. The van der Waals surface area contributed by atoms with E-state index in [-0.39, 0.29) is 0 Å². The molecule has 0 saturated heterocycles. The Hall–Kier alpha value is -1.14. The summed E-state index contributed by atoms with van der Waals surface area (Å²) < 4.78 is 5.07. The van der Waals surface area contributed by atoms with Gasteiger partial charge in [0.25, 0.3) is 0 Å². The number of hydrogen-bond donors (Lipinski definition) is 1. The molecule has 6 heteroatoms. The molecule has 1 N–H and O–H groups in total. The molecule has 0 unspecified atom stereocenters. The van der Waals surface area contributed by atoms with Crippen molar-refractivity contribution in [2.45, 2.75) is 52.7 Å². The molecule has 0 amide bonds. The van der Waals surface area contributed by atoms with Crippen molar-refractivity contribution in [1.82, 2.24) is 24.2 Å². The first kappa shape index (κ1) is 13.8. The van der Waals surface area contributed by atoms with Crippen LogP contribution in [0.5, 0.6) is 0 Å². The molecule has 0 spiro atoms. The third-order valence-corrected chi connectivity index (χ3v) is 4.54. The number of aryl methyl sites for hydroxylation is 2. The number of aromatic nitrogens is 4. The molecule has 110 valence electrons. The maximum absolute atomic E-state index is 5.49. The van der Waals surface area contributed by atoms with E-state index in [1.165, 1.54) is 12.8 Å². The van der Waals surface area contributed by atoms with Crippen LogP contribution in [0.25, 0.3) is 11.2 Å². The summed E-state index contributed by atoms with van der Waals surface area (Å²) >= 11 is 5.49. The minimum atomic E-state index is 0.807. The lowest BCUT2D eigenvalue weighted by Gasteiger charge is -2.20. The van der Waals surface area contributed by atoms with Gasteiger partial charge in [0.05, 0.1) is 5.69 Å². The molecule has 1 aliphatic carbocycles. The average molecular weight is 293 g/mol. The van der Waals surface area contributed by atoms with Crippen LogP contribution in [0.3, 0.4) is 0 Å². The van der Waals surface area contributed by atoms with Gasteiger partial charge in [-0.1, -0.05) is 6.92 Å². The summed E-state index contributed by atoms with van der Waals surface area (Å²) in [5.74, 6) is 0. The summed E-state index contributed by atoms with van der Waals surface area (Å²) in [5, 5.41) is 4.57. The lowest BCUT2D eigenvalue weighted by molar-refractivity contribution is 0.266. The summed E-state index contributed by atoms with van der Waals surface area (Å²) in [4.78, 5) is 5.87. The van der Waals surface area contributed by atoms with Gasteiger partial charge in [-0.3, -0.25) is 4.90 Å². The summed E-state index contributed by atoms with van der Waals surface area (Å²) in [6, 6.07) is 0.807. The van der Waals surface area contributed by atoms with Crippen molar-refractivity contribution >= 4 is 23.4 Å². The summed E-state index contributed by atoms with van der Waals surface area (Å²) in [7, 11) is 0. The maximum Gasteiger partial charge on any atom is 0.179 e. The van der Waals surface area contributed by atoms with Gasteiger partial charge in [0.2, 0.25) is 0 Å². The maximum atomic E-state index is 5.49. The van der Waals surface area contributed by atoms with Gasteiger partial charge >= 0.3 is 0 Å². The number of nitrogens with zero attached hydrogens (tertiary/aromatic N) is 4. The lowest BCUT2D eigenvalue weighted by Crippen LogP contribution is -2.29. The highest BCUT2D eigenvalue weighted by Gasteiger charge is 2.27. The number of aromatic amines is 1. The fourth-order valence-corrected chi connectivity index (χ4v) is 3.24. The van der Waals surface area contributed by atoms with Crippen LogP contribution in [-0.4, -0.2) is 43.4 Å². The van der Waals surface area contributed by atoms with Crippen molar-refractivity contribution in [2.24, 2.45) is 0 Å². The highest BCUT2D eigenvalue weighted by atomic mass is 32.1. The smallest absolute Gasteiger partial charge is 0.179 e. The molecule has 0 aliphatic heterocycles. The quantitative estimate of drug-likeness (QED) is 0.833. The van der Waals surface area contributed by atoms with Crippen LogP contribution < -0.4 is 0 Å². The molecule has 3 rings (SSSR count). The van der Waals surface area contributed by atoms with E-state index in [1.807, 2.05) is 11.6 Å². The van der Waals surface area contributed by atoms with Crippen LogP contribution in [0.1, 0.15) is 32.4 Å². The number of imidazole rings is 1. The second-order valence-electron chi connectivity index (χ2n) is 5.54. The van der Waals surface area contributed by atoms with Gasteiger partial charge in [-0.25, -0.2) is 4.68 Å². The predicted octanol–water partition coefficient (Wildman–Crippen LogP) is 2.71. The zero-order valence-corrected chi connectivity index (χ0v) is 13.3. The molecule has 20 heavy (non-hydrogen) atoms. The van der Waals surface area contributed by atoms with E-state index in [1.54, 1.807) is 0 Å². The van der Waals surface area contributed by atoms with E-state index >= 15 is 0 Å². The molecule has 2 aromatic rings. The zero-order chi connectivity index (χ0) is 14.3. The molecular weight excluding hydrogens is 270 g/mol. The molecule has 1 aliphatic rings. The molecule has 1 fully saturated rings. The molecule has 2 aromatic heterocycles. The first-order valence-corrected chi connectivity index (χ1v) is 7.96. The zero-order valence-electron chi connectivity index (χ0n) is 12.5. The van der Waals surface area contributed by atoms with Crippen molar-refractivity contribution in [3.8, 4) is 0 Å². The molecule has 0 atom stereocenters. The van der Waals surface area contributed by atoms with Crippen LogP contribution in [-0.2, 0) is 13.1 Å². The Kier molecular flexibility index (Phi) is 3.69. The monoisotopic (exact) mass is 293 g/mol. The Balaban J connectivity index is 1.90. The van der Waals surface area contributed by atoms with Crippen LogP contribution in [0.15, 0.2) is 0 Å². The Morgan fingerprint density at radius 3 is 2.75 bits per heavy atom. The first-order chi connectivity index (χ1) is 9.65. The molecule has 0 bridgehead atoms. The molecular formula is C14H23N5S. The van der Waals surface area contributed by atoms with Crippen molar-refractivity contribution < 1.29 is 0 Å². The van der Waals surface area contributed by atoms with Gasteiger partial charge in [-0.2, -0.15) is 5.10 Å². The topological polar surface area (TPSA) is 41.8 Å². The van der Waals surface area contributed by atoms with E-state index in [4.69, 9.17) is 12.2 Å². The van der Waals surface area contributed by atoms with E-state index < -0.39 is 0 Å². The van der Waals surface area contributed by atoms with Crippen LogP contribution in [0, 0.1) is 11.7 Å². The second-order valence-corrected chi connectivity index (χ2v) is 5.93. The number of likely N-dealkylation sites (N-methyl/N-ethyl adjacent to an activating group) is 1. The number of nitrogens with one attached hydrogen (secondary N) is 1. The largest absolute Gasteiger partial charge is 0.328 e. The molecule has 2 heterocycles. The number of hydrogen-bond acceptors (Lipinski definition) is 3.